The van der Waals surface area contributed by atoms with E-state index in [1.54, 1.807) is 17.5 Å². The van der Waals surface area contributed by atoms with Gasteiger partial charge in [-0.25, -0.2) is 4.98 Å². The van der Waals surface area contributed by atoms with Crippen molar-refractivity contribution in [2.45, 2.75) is 19.5 Å². The van der Waals surface area contributed by atoms with Crippen molar-refractivity contribution in [2.75, 3.05) is 0 Å². The van der Waals surface area contributed by atoms with E-state index in [1.165, 1.54) is 0 Å². The van der Waals surface area contributed by atoms with E-state index >= 15 is 0 Å². The zero-order chi connectivity index (χ0) is 12.1. The van der Waals surface area contributed by atoms with Crippen LogP contribution in [0.25, 0.3) is 10.7 Å². The monoisotopic (exact) mass is 243 g/mol. The summed E-state index contributed by atoms with van der Waals surface area (Å²) >= 11 is 1.60. The zero-order valence-corrected chi connectivity index (χ0v) is 10.4. The third-order valence-electron chi connectivity index (χ3n) is 2.28. The highest BCUT2D eigenvalue weighted by molar-refractivity contribution is 7.13. The van der Waals surface area contributed by atoms with Crippen LogP contribution in [0.3, 0.4) is 0 Å². The fraction of sp³-hybridized carbons (Fsp3) is 0.231. The molecule has 2 aromatic heterocycles. The summed E-state index contributed by atoms with van der Waals surface area (Å²) in [5, 5.41) is 6.17. The van der Waals surface area contributed by atoms with Gasteiger partial charge in [0, 0.05) is 18.1 Å². The number of pyridine rings is 1. The first kappa shape index (κ1) is 11.8. The Balaban J connectivity index is 2.05. The quantitative estimate of drug-likeness (QED) is 0.837. The minimum atomic E-state index is 0.0648. The molecule has 3 nitrogen and oxygen atoms in total. The first-order valence-electron chi connectivity index (χ1n) is 5.35. The van der Waals surface area contributed by atoms with Crippen molar-refractivity contribution in [1.29, 1.82) is 0 Å². The van der Waals surface area contributed by atoms with Crippen LogP contribution in [-0.2, 0) is 6.54 Å². The third-order valence-corrected chi connectivity index (χ3v) is 3.19. The SMILES string of the molecule is C#CC(C)NCc1csc(-c2ccccn2)n1. The maximum Gasteiger partial charge on any atom is 0.142 e. The van der Waals surface area contributed by atoms with Gasteiger partial charge in [0.2, 0.25) is 0 Å². The molecule has 1 unspecified atom stereocenters. The molecule has 0 aliphatic heterocycles. The molecule has 1 atom stereocenters. The summed E-state index contributed by atoms with van der Waals surface area (Å²) < 4.78 is 0. The molecule has 0 radical (unpaired) electrons. The Labute approximate surface area is 105 Å². The first-order valence-corrected chi connectivity index (χ1v) is 6.23. The average Bonchev–Trinajstić information content (AvgIpc) is 2.86. The highest BCUT2D eigenvalue weighted by Crippen LogP contribution is 2.21. The lowest BCUT2D eigenvalue weighted by Gasteiger charge is -2.04. The smallest absolute Gasteiger partial charge is 0.142 e. The molecule has 0 aromatic carbocycles. The molecule has 0 bridgehead atoms. The summed E-state index contributed by atoms with van der Waals surface area (Å²) in [5.41, 5.74) is 1.91. The first-order chi connectivity index (χ1) is 8.29. The van der Waals surface area contributed by atoms with Crippen LogP contribution in [0.15, 0.2) is 29.8 Å². The molecule has 0 saturated heterocycles. The highest BCUT2D eigenvalue weighted by Gasteiger charge is 2.05. The number of aromatic nitrogens is 2. The standard InChI is InChI=1S/C13H13N3S/c1-3-10(2)15-8-11-9-17-13(16-11)12-6-4-5-7-14-12/h1,4-7,9-10,15H,8H2,2H3. The van der Waals surface area contributed by atoms with Crippen molar-refractivity contribution in [3.63, 3.8) is 0 Å². The summed E-state index contributed by atoms with van der Waals surface area (Å²) in [6.45, 7) is 2.64. The lowest BCUT2D eigenvalue weighted by molar-refractivity contribution is 0.640. The Bertz CT molecular complexity index is 513. The molecule has 2 aromatic rings. The van der Waals surface area contributed by atoms with Crippen LogP contribution in [-0.4, -0.2) is 16.0 Å². The Morgan fingerprint density at radius 3 is 3.12 bits per heavy atom. The normalized spacial score (nSPS) is 12.0. The van der Waals surface area contributed by atoms with Crippen molar-refractivity contribution in [1.82, 2.24) is 15.3 Å². The molecule has 2 heterocycles. The van der Waals surface area contributed by atoms with Crippen LogP contribution >= 0.6 is 11.3 Å². The van der Waals surface area contributed by atoms with E-state index in [-0.39, 0.29) is 6.04 Å². The Morgan fingerprint density at radius 1 is 1.53 bits per heavy atom. The van der Waals surface area contributed by atoms with Gasteiger partial charge < -0.3 is 0 Å². The lowest BCUT2D eigenvalue weighted by atomic mass is 10.3. The number of thiazole rings is 1. The van der Waals surface area contributed by atoms with E-state index in [2.05, 4.69) is 21.2 Å². The van der Waals surface area contributed by atoms with E-state index in [4.69, 9.17) is 6.42 Å². The molecular weight excluding hydrogens is 230 g/mol. The van der Waals surface area contributed by atoms with Crippen molar-refractivity contribution in [3.8, 4) is 23.0 Å². The van der Waals surface area contributed by atoms with Crippen LogP contribution in [0.2, 0.25) is 0 Å². The van der Waals surface area contributed by atoms with Gasteiger partial charge >= 0.3 is 0 Å². The summed E-state index contributed by atoms with van der Waals surface area (Å²) in [5.74, 6) is 2.63. The number of nitrogens with zero attached hydrogens (tertiary/aromatic N) is 2. The van der Waals surface area contributed by atoms with Gasteiger partial charge in [-0.2, -0.15) is 0 Å². The van der Waals surface area contributed by atoms with Gasteiger partial charge in [0.1, 0.15) is 5.01 Å². The molecular formula is C13H13N3S. The van der Waals surface area contributed by atoms with E-state index < -0.39 is 0 Å². The summed E-state index contributed by atoms with van der Waals surface area (Å²) in [7, 11) is 0. The molecule has 2 rings (SSSR count). The number of terminal acetylenes is 1. The van der Waals surface area contributed by atoms with Crippen molar-refractivity contribution in [3.05, 3.63) is 35.5 Å². The van der Waals surface area contributed by atoms with Crippen LogP contribution in [0, 0.1) is 12.3 Å². The molecule has 0 aliphatic rings. The van der Waals surface area contributed by atoms with Gasteiger partial charge in [-0.3, -0.25) is 10.3 Å². The van der Waals surface area contributed by atoms with Gasteiger partial charge in [0.15, 0.2) is 0 Å². The van der Waals surface area contributed by atoms with Crippen LogP contribution in [0.4, 0.5) is 0 Å². The largest absolute Gasteiger partial charge is 0.298 e. The van der Waals surface area contributed by atoms with Gasteiger partial charge in [-0.15, -0.1) is 17.8 Å². The van der Waals surface area contributed by atoms with Crippen molar-refractivity contribution in [2.24, 2.45) is 0 Å². The molecule has 86 valence electrons. The minimum Gasteiger partial charge on any atom is -0.298 e. The number of hydrogen-bond donors (Lipinski definition) is 1. The molecule has 17 heavy (non-hydrogen) atoms. The predicted molar refractivity (Wildman–Crippen MR) is 70.5 cm³/mol. The van der Waals surface area contributed by atoms with Gasteiger partial charge in [0.05, 0.1) is 17.4 Å². The molecule has 0 spiro atoms. The van der Waals surface area contributed by atoms with Crippen molar-refractivity contribution < 1.29 is 0 Å². The van der Waals surface area contributed by atoms with E-state index in [0.29, 0.717) is 6.54 Å². The molecule has 0 fully saturated rings. The van der Waals surface area contributed by atoms with E-state index in [9.17, 15) is 0 Å². The Hall–Kier alpha value is -1.70. The molecule has 0 aliphatic carbocycles. The fourth-order valence-electron chi connectivity index (χ4n) is 1.31. The molecule has 0 saturated carbocycles. The van der Waals surface area contributed by atoms with Crippen molar-refractivity contribution >= 4 is 11.3 Å². The fourth-order valence-corrected chi connectivity index (χ4v) is 2.11. The lowest BCUT2D eigenvalue weighted by Crippen LogP contribution is -2.23. The Kier molecular flexibility index (Phi) is 3.86. The van der Waals surface area contributed by atoms with E-state index in [0.717, 1.165) is 16.4 Å². The van der Waals surface area contributed by atoms with Crippen LogP contribution in [0.5, 0.6) is 0 Å². The zero-order valence-electron chi connectivity index (χ0n) is 9.55. The minimum absolute atomic E-state index is 0.0648. The van der Waals surface area contributed by atoms with Gasteiger partial charge in [0.25, 0.3) is 0 Å². The third kappa shape index (κ3) is 3.13. The van der Waals surface area contributed by atoms with Crippen LogP contribution < -0.4 is 5.32 Å². The Morgan fingerprint density at radius 2 is 2.41 bits per heavy atom. The molecule has 4 heteroatoms. The molecule has 1 N–H and O–H groups in total. The number of nitrogens with one attached hydrogen (secondary N) is 1. The van der Waals surface area contributed by atoms with Crippen LogP contribution in [0.1, 0.15) is 12.6 Å². The predicted octanol–water partition coefficient (Wildman–Crippen LogP) is 2.32. The average molecular weight is 243 g/mol. The van der Waals surface area contributed by atoms with E-state index in [1.807, 2.05) is 30.5 Å². The highest BCUT2D eigenvalue weighted by atomic mass is 32.1. The summed E-state index contributed by atoms with van der Waals surface area (Å²) in [6.07, 6.45) is 7.07. The van der Waals surface area contributed by atoms with Gasteiger partial charge in [-0.05, 0) is 19.1 Å². The van der Waals surface area contributed by atoms with Gasteiger partial charge in [-0.1, -0.05) is 12.0 Å². The number of rotatable bonds is 4. The second-order valence-corrected chi connectivity index (χ2v) is 4.49. The topological polar surface area (TPSA) is 37.8 Å². The maximum absolute atomic E-state index is 5.29. The number of hydrogen-bond acceptors (Lipinski definition) is 4. The maximum atomic E-state index is 5.29. The second kappa shape index (κ2) is 5.58. The summed E-state index contributed by atoms with van der Waals surface area (Å²) in [4.78, 5) is 8.78. The summed E-state index contributed by atoms with van der Waals surface area (Å²) in [6, 6.07) is 5.88. The molecule has 0 amide bonds. The second-order valence-electron chi connectivity index (χ2n) is 3.63.